The molecular weight excluding hydrogens is 218 g/mol. The molecule has 1 N–H and O–H groups in total. The quantitative estimate of drug-likeness (QED) is 0.792. The van der Waals surface area contributed by atoms with Crippen LogP contribution >= 0.6 is 0 Å². The van der Waals surface area contributed by atoms with Gasteiger partial charge in [-0.15, -0.1) is 0 Å². The number of hydrogen-bond acceptors (Lipinski definition) is 1. The molecule has 0 aromatic carbocycles. The average molecular weight is 247 g/mol. The Bertz CT molecular complexity index is 304. The molecule has 5 saturated carbocycles. The zero-order chi connectivity index (χ0) is 12.4. The third kappa shape index (κ3) is 1.62. The first-order valence-corrected chi connectivity index (χ1v) is 8.34. The van der Waals surface area contributed by atoms with Gasteiger partial charge >= 0.3 is 0 Å². The maximum atomic E-state index is 3.77. The Kier molecular flexibility index (Phi) is 2.45. The van der Waals surface area contributed by atoms with Crippen molar-refractivity contribution in [3.63, 3.8) is 0 Å². The van der Waals surface area contributed by atoms with Crippen LogP contribution in [0.3, 0.4) is 0 Å². The standard InChI is InChI=1S/C17H29N/c1-12(2)18-11-16(3-4-16)17-8-13-5-14(9-17)7-15(6-13)10-17/h12-15,18H,3-11H2,1-2H3. The molecule has 102 valence electrons. The van der Waals surface area contributed by atoms with Crippen molar-refractivity contribution < 1.29 is 0 Å². The summed E-state index contributed by atoms with van der Waals surface area (Å²) in [6.07, 6.45) is 12.6. The lowest BCUT2D eigenvalue weighted by Crippen LogP contribution is -2.53. The van der Waals surface area contributed by atoms with Crippen molar-refractivity contribution in [3.05, 3.63) is 0 Å². The van der Waals surface area contributed by atoms with E-state index in [4.69, 9.17) is 0 Å². The summed E-state index contributed by atoms with van der Waals surface area (Å²) < 4.78 is 0. The maximum absolute atomic E-state index is 3.77. The molecule has 0 aromatic rings. The highest BCUT2D eigenvalue weighted by atomic mass is 14.9. The Hall–Kier alpha value is -0.0400. The highest BCUT2D eigenvalue weighted by Gasteiger charge is 2.64. The van der Waals surface area contributed by atoms with Crippen LogP contribution in [-0.4, -0.2) is 12.6 Å². The molecule has 5 aliphatic rings. The molecule has 0 aliphatic heterocycles. The van der Waals surface area contributed by atoms with Crippen molar-refractivity contribution >= 4 is 0 Å². The summed E-state index contributed by atoms with van der Waals surface area (Å²) in [6, 6.07) is 0.663. The van der Waals surface area contributed by atoms with Gasteiger partial charge in [-0.1, -0.05) is 13.8 Å². The average Bonchev–Trinajstić information content (AvgIpc) is 3.05. The van der Waals surface area contributed by atoms with Crippen LogP contribution in [-0.2, 0) is 0 Å². The molecule has 5 fully saturated rings. The van der Waals surface area contributed by atoms with Crippen molar-refractivity contribution in [2.24, 2.45) is 28.6 Å². The van der Waals surface area contributed by atoms with Crippen LogP contribution in [0.25, 0.3) is 0 Å². The second-order valence-electron chi connectivity index (χ2n) is 8.51. The molecule has 4 bridgehead atoms. The SMILES string of the molecule is CC(C)NCC1(C23CC4CC(CC(C4)C2)C3)CC1. The van der Waals surface area contributed by atoms with E-state index in [1.165, 1.54) is 19.4 Å². The molecular formula is C17H29N. The summed E-state index contributed by atoms with van der Waals surface area (Å²) in [6.45, 7) is 5.92. The van der Waals surface area contributed by atoms with Crippen molar-refractivity contribution in [2.45, 2.75) is 71.3 Å². The summed E-state index contributed by atoms with van der Waals surface area (Å²) >= 11 is 0. The van der Waals surface area contributed by atoms with E-state index in [1.807, 2.05) is 0 Å². The minimum atomic E-state index is 0.663. The fraction of sp³-hybridized carbons (Fsp3) is 1.00. The van der Waals surface area contributed by atoms with E-state index in [-0.39, 0.29) is 0 Å². The van der Waals surface area contributed by atoms with E-state index >= 15 is 0 Å². The van der Waals surface area contributed by atoms with Crippen LogP contribution in [0.4, 0.5) is 0 Å². The van der Waals surface area contributed by atoms with E-state index in [0.29, 0.717) is 6.04 Å². The van der Waals surface area contributed by atoms with E-state index in [0.717, 1.165) is 28.6 Å². The van der Waals surface area contributed by atoms with Crippen LogP contribution in [0.1, 0.15) is 65.2 Å². The lowest BCUT2D eigenvalue weighted by molar-refractivity contribution is -0.0965. The van der Waals surface area contributed by atoms with Crippen molar-refractivity contribution in [1.82, 2.24) is 5.32 Å². The summed E-state index contributed by atoms with van der Waals surface area (Å²) in [5, 5.41) is 3.77. The maximum Gasteiger partial charge on any atom is 0.00155 e. The molecule has 0 spiro atoms. The summed E-state index contributed by atoms with van der Waals surface area (Å²) in [7, 11) is 0. The van der Waals surface area contributed by atoms with Gasteiger partial charge in [-0.3, -0.25) is 0 Å². The lowest BCUT2D eigenvalue weighted by Gasteiger charge is -2.60. The van der Waals surface area contributed by atoms with Crippen LogP contribution < -0.4 is 5.32 Å². The van der Waals surface area contributed by atoms with Gasteiger partial charge in [0.1, 0.15) is 0 Å². The van der Waals surface area contributed by atoms with Gasteiger partial charge in [-0.2, -0.15) is 0 Å². The third-order valence-electron chi connectivity index (χ3n) is 6.87. The van der Waals surface area contributed by atoms with Crippen LogP contribution in [0.2, 0.25) is 0 Å². The first-order valence-electron chi connectivity index (χ1n) is 8.34. The minimum Gasteiger partial charge on any atom is -0.314 e. The zero-order valence-corrected chi connectivity index (χ0v) is 12.2. The van der Waals surface area contributed by atoms with Gasteiger partial charge < -0.3 is 5.32 Å². The first-order chi connectivity index (χ1) is 8.61. The van der Waals surface area contributed by atoms with E-state index in [9.17, 15) is 0 Å². The van der Waals surface area contributed by atoms with Crippen molar-refractivity contribution in [3.8, 4) is 0 Å². The number of rotatable bonds is 4. The highest BCUT2D eigenvalue weighted by Crippen LogP contribution is 2.72. The number of hydrogen-bond donors (Lipinski definition) is 1. The molecule has 0 unspecified atom stereocenters. The predicted octanol–water partition coefficient (Wildman–Crippen LogP) is 3.98. The van der Waals surface area contributed by atoms with Gasteiger partial charge in [0.2, 0.25) is 0 Å². The van der Waals surface area contributed by atoms with E-state index in [2.05, 4.69) is 19.2 Å². The molecule has 5 rings (SSSR count). The molecule has 18 heavy (non-hydrogen) atoms. The van der Waals surface area contributed by atoms with Gasteiger partial charge in [0.05, 0.1) is 0 Å². The van der Waals surface area contributed by atoms with Gasteiger partial charge in [-0.25, -0.2) is 0 Å². The molecule has 0 amide bonds. The van der Waals surface area contributed by atoms with Crippen LogP contribution in [0, 0.1) is 28.6 Å². The molecule has 0 aromatic heterocycles. The summed E-state index contributed by atoms with van der Waals surface area (Å²) in [5.41, 5.74) is 1.51. The summed E-state index contributed by atoms with van der Waals surface area (Å²) in [4.78, 5) is 0. The summed E-state index contributed by atoms with van der Waals surface area (Å²) in [5.74, 6) is 3.35. The molecule has 1 heteroatoms. The monoisotopic (exact) mass is 247 g/mol. The first kappa shape index (κ1) is 11.8. The van der Waals surface area contributed by atoms with Gasteiger partial charge in [0.15, 0.2) is 0 Å². The normalized spacial score (nSPS) is 47.8. The zero-order valence-electron chi connectivity index (χ0n) is 12.2. The van der Waals surface area contributed by atoms with Crippen molar-refractivity contribution in [2.75, 3.05) is 6.54 Å². The minimum absolute atomic E-state index is 0.663. The Morgan fingerprint density at radius 1 is 0.944 bits per heavy atom. The topological polar surface area (TPSA) is 12.0 Å². The van der Waals surface area contributed by atoms with E-state index in [1.54, 1.807) is 38.5 Å². The molecule has 5 aliphatic carbocycles. The second kappa shape index (κ2) is 3.75. The molecule has 0 heterocycles. The van der Waals surface area contributed by atoms with Gasteiger partial charge in [-0.05, 0) is 80.0 Å². The lowest BCUT2D eigenvalue weighted by atomic mass is 9.45. The number of nitrogens with one attached hydrogen (secondary N) is 1. The predicted molar refractivity (Wildman–Crippen MR) is 75.4 cm³/mol. The largest absolute Gasteiger partial charge is 0.314 e. The fourth-order valence-electron chi connectivity index (χ4n) is 6.21. The molecule has 0 saturated heterocycles. The molecule has 1 nitrogen and oxygen atoms in total. The molecule has 0 atom stereocenters. The Morgan fingerprint density at radius 2 is 1.44 bits per heavy atom. The fourth-order valence-corrected chi connectivity index (χ4v) is 6.21. The third-order valence-corrected chi connectivity index (χ3v) is 6.87. The Morgan fingerprint density at radius 3 is 1.83 bits per heavy atom. The van der Waals surface area contributed by atoms with Crippen LogP contribution in [0.15, 0.2) is 0 Å². The van der Waals surface area contributed by atoms with Gasteiger partial charge in [0.25, 0.3) is 0 Å². The van der Waals surface area contributed by atoms with E-state index < -0.39 is 0 Å². The molecule has 0 radical (unpaired) electrons. The van der Waals surface area contributed by atoms with Crippen molar-refractivity contribution in [1.29, 1.82) is 0 Å². The van der Waals surface area contributed by atoms with Gasteiger partial charge in [0, 0.05) is 12.6 Å². The van der Waals surface area contributed by atoms with Crippen LogP contribution in [0.5, 0.6) is 0 Å². The Labute approximate surface area is 112 Å². The highest BCUT2D eigenvalue weighted by molar-refractivity contribution is 5.15. The Balaban J connectivity index is 1.56. The second-order valence-corrected chi connectivity index (χ2v) is 8.51. The smallest absolute Gasteiger partial charge is 0.00155 e.